The van der Waals surface area contributed by atoms with Gasteiger partial charge in [-0.25, -0.2) is 4.98 Å². The van der Waals surface area contributed by atoms with Crippen molar-refractivity contribution in [1.29, 1.82) is 0 Å². The van der Waals surface area contributed by atoms with Crippen molar-refractivity contribution < 1.29 is 4.74 Å². The van der Waals surface area contributed by atoms with Crippen molar-refractivity contribution in [3.05, 3.63) is 23.9 Å². The van der Waals surface area contributed by atoms with Gasteiger partial charge < -0.3 is 10.1 Å². The Morgan fingerprint density at radius 3 is 3.13 bits per heavy atom. The van der Waals surface area contributed by atoms with Gasteiger partial charge in [-0.3, -0.25) is 0 Å². The zero-order valence-electron chi connectivity index (χ0n) is 9.32. The number of rotatable bonds is 7. The molecule has 0 aromatic carbocycles. The molecule has 1 rings (SSSR count). The van der Waals surface area contributed by atoms with Crippen LogP contribution in [0.4, 0.5) is 0 Å². The summed E-state index contributed by atoms with van der Waals surface area (Å²) >= 11 is 1.75. The smallest absolute Gasteiger partial charge is 0.101 e. The molecule has 0 bridgehead atoms. The molecule has 15 heavy (non-hydrogen) atoms. The van der Waals surface area contributed by atoms with Crippen LogP contribution in [0, 0.1) is 0 Å². The molecule has 0 spiro atoms. The molecular formula is C11H18N2OS. The van der Waals surface area contributed by atoms with Crippen LogP contribution in [0.15, 0.2) is 23.4 Å². The first kappa shape index (κ1) is 12.5. The fraction of sp³-hybridized carbons (Fsp3) is 0.545. The van der Waals surface area contributed by atoms with Crippen molar-refractivity contribution in [2.75, 3.05) is 26.0 Å². The first-order valence-corrected chi connectivity index (χ1v) is 6.13. The van der Waals surface area contributed by atoms with E-state index >= 15 is 0 Å². The summed E-state index contributed by atoms with van der Waals surface area (Å²) in [5.74, 6) is 0.951. The minimum Gasteiger partial charge on any atom is -0.384 e. The van der Waals surface area contributed by atoms with Crippen molar-refractivity contribution in [2.24, 2.45) is 0 Å². The van der Waals surface area contributed by atoms with Gasteiger partial charge in [0.25, 0.3) is 0 Å². The number of hydrogen-bond acceptors (Lipinski definition) is 4. The van der Waals surface area contributed by atoms with Crippen LogP contribution in [-0.2, 0) is 11.3 Å². The van der Waals surface area contributed by atoms with Gasteiger partial charge in [0.2, 0.25) is 0 Å². The topological polar surface area (TPSA) is 34.2 Å². The van der Waals surface area contributed by atoms with E-state index in [-0.39, 0.29) is 0 Å². The molecule has 0 radical (unpaired) electrons. The third kappa shape index (κ3) is 4.64. The maximum absolute atomic E-state index is 5.02. The number of nitrogens with zero attached hydrogens (tertiary/aromatic N) is 1. The summed E-state index contributed by atoms with van der Waals surface area (Å²) in [6, 6.07) is 4.10. The van der Waals surface area contributed by atoms with E-state index in [2.05, 4.69) is 23.3 Å². The fourth-order valence-electron chi connectivity index (χ4n) is 1.17. The minimum atomic E-state index is 0.766. The van der Waals surface area contributed by atoms with Gasteiger partial charge in [0.15, 0.2) is 0 Å². The van der Waals surface area contributed by atoms with Crippen molar-refractivity contribution in [1.82, 2.24) is 10.3 Å². The van der Waals surface area contributed by atoms with E-state index in [0.717, 1.165) is 30.5 Å². The molecule has 0 fully saturated rings. The van der Waals surface area contributed by atoms with Gasteiger partial charge in [-0.1, -0.05) is 13.0 Å². The van der Waals surface area contributed by atoms with E-state index in [1.54, 1.807) is 18.9 Å². The van der Waals surface area contributed by atoms with Crippen LogP contribution in [0.3, 0.4) is 0 Å². The summed E-state index contributed by atoms with van der Waals surface area (Å²) in [6.45, 7) is 4.74. The zero-order chi connectivity index (χ0) is 10.9. The second-order valence-electron chi connectivity index (χ2n) is 3.09. The monoisotopic (exact) mass is 226 g/mol. The third-order valence-electron chi connectivity index (χ3n) is 1.94. The second kappa shape index (κ2) is 7.68. The molecule has 0 saturated carbocycles. The fourth-order valence-corrected chi connectivity index (χ4v) is 2.07. The predicted molar refractivity (Wildman–Crippen MR) is 64.2 cm³/mol. The Morgan fingerprint density at radius 1 is 1.53 bits per heavy atom. The van der Waals surface area contributed by atoms with Gasteiger partial charge in [-0.15, -0.1) is 11.8 Å². The molecule has 1 aromatic rings. The summed E-state index contributed by atoms with van der Waals surface area (Å²) in [4.78, 5) is 4.37. The number of thioether (sulfide) groups is 1. The normalized spacial score (nSPS) is 10.5. The average Bonchev–Trinajstić information content (AvgIpc) is 2.28. The third-order valence-corrected chi connectivity index (χ3v) is 2.95. The average molecular weight is 226 g/mol. The molecule has 0 aliphatic heterocycles. The maximum Gasteiger partial charge on any atom is 0.101 e. The lowest BCUT2D eigenvalue weighted by atomic mass is 10.3. The van der Waals surface area contributed by atoms with Crippen LogP contribution in [-0.4, -0.2) is 31.0 Å². The largest absolute Gasteiger partial charge is 0.384 e. The standard InChI is InChI=1S/C11H18N2OS/c1-3-12-9-10-5-4-6-13-11(10)15-8-7-14-2/h4-6,12H,3,7-9H2,1-2H3. The molecule has 0 aliphatic rings. The highest BCUT2D eigenvalue weighted by Gasteiger charge is 2.02. The highest BCUT2D eigenvalue weighted by Crippen LogP contribution is 2.19. The lowest BCUT2D eigenvalue weighted by molar-refractivity contribution is 0.218. The molecule has 0 unspecified atom stereocenters. The van der Waals surface area contributed by atoms with E-state index in [1.165, 1.54) is 5.56 Å². The van der Waals surface area contributed by atoms with Gasteiger partial charge in [0, 0.05) is 25.6 Å². The van der Waals surface area contributed by atoms with Crippen LogP contribution in [0.5, 0.6) is 0 Å². The van der Waals surface area contributed by atoms with Gasteiger partial charge >= 0.3 is 0 Å². The molecule has 3 nitrogen and oxygen atoms in total. The minimum absolute atomic E-state index is 0.766. The summed E-state index contributed by atoms with van der Waals surface area (Å²) in [6.07, 6.45) is 1.84. The van der Waals surface area contributed by atoms with Crippen LogP contribution in [0.1, 0.15) is 12.5 Å². The molecule has 1 N–H and O–H groups in total. The molecule has 1 heterocycles. The maximum atomic E-state index is 5.02. The molecule has 1 aromatic heterocycles. The van der Waals surface area contributed by atoms with Gasteiger partial charge in [0.05, 0.1) is 6.61 Å². The predicted octanol–water partition coefficient (Wildman–Crippen LogP) is 1.93. The Morgan fingerprint density at radius 2 is 2.40 bits per heavy atom. The highest BCUT2D eigenvalue weighted by molar-refractivity contribution is 7.99. The molecular weight excluding hydrogens is 208 g/mol. The lowest BCUT2D eigenvalue weighted by Crippen LogP contribution is -2.12. The van der Waals surface area contributed by atoms with Crippen molar-refractivity contribution in [2.45, 2.75) is 18.5 Å². The van der Waals surface area contributed by atoms with Crippen LogP contribution >= 0.6 is 11.8 Å². The number of ether oxygens (including phenoxy) is 1. The molecule has 0 amide bonds. The number of aromatic nitrogens is 1. The lowest BCUT2D eigenvalue weighted by Gasteiger charge is -2.07. The summed E-state index contributed by atoms with van der Waals surface area (Å²) in [5.41, 5.74) is 1.26. The zero-order valence-corrected chi connectivity index (χ0v) is 10.1. The van der Waals surface area contributed by atoms with Crippen molar-refractivity contribution in [3.8, 4) is 0 Å². The Balaban J connectivity index is 2.52. The Bertz CT molecular complexity index is 281. The number of hydrogen-bond donors (Lipinski definition) is 1. The van der Waals surface area contributed by atoms with E-state index in [4.69, 9.17) is 4.74 Å². The SMILES string of the molecule is CCNCc1cccnc1SCCOC. The Hall–Kier alpha value is -0.580. The summed E-state index contributed by atoms with van der Waals surface area (Å²) < 4.78 is 5.02. The van der Waals surface area contributed by atoms with E-state index < -0.39 is 0 Å². The first-order chi connectivity index (χ1) is 7.38. The van der Waals surface area contributed by atoms with E-state index in [9.17, 15) is 0 Å². The highest BCUT2D eigenvalue weighted by atomic mass is 32.2. The summed E-state index contributed by atoms with van der Waals surface area (Å²) in [7, 11) is 1.72. The first-order valence-electron chi connectivity index (χ1n) is 5.14. The van der Waals surface area contributed by atoms with Crippen molar-refractivity contribution in [3.63, 3.8) is 0 Å². The van der Waals surface area contributed by atoms with E-state index in [1.807, 2.05) is 12.3 Å². The van der Waals surface area contributed by atoms with Crippen molar-refractivity contribution >= 4 is 11.8 Å². The molecule has 84 valence electrons. The van der Waals surface area contributed by atoms with Gasteiger partial charge in [-0.05, 0) is 18.2 Å². The van der Waals surface area contributed by atoms with Crippen LogP contribution in [0.2, 0.25) is 0 Å². The van der Waals surface area contributed by atoms with Crippen LogP contribution in [0.25, 0.3) is 0 Å². The molecule has 0 saturated heterocycles. The Kier molecular flexibility index (Phi) is 6.39. The second-order valence-corrected chi connectivity index (χ2v) is 4.17. The van der Waals surface area contributed by atoms with Gasteiger partial charge in [-0.2, -0.15) is 0 Å². The van der Waals surface area contributed by atoms with E-state index in [0.29, 0.717) is 0 Å². The van der Waals surface area contributed by atoms with Crippen LogP contribution < -0.4 is 5.32 Å². The molecule has 4 heteroatoms. The number of methoxy groups -OCH3 is 1. The number of pyridine rings is 1. The number of nitrogens with one attached hydrogen (secondary N) is 1. The molecule has 0 atom stereocenters. The quantitative estimate of drug-likeness (QED) is 0.569. The molecule has 0 aliphatic carbocycles. The summed E-state index contributed by atoms with van der Waals surface area (Å²) in [5, 5.41) is 4.42. The Labute approximate surface area is 95.6 Å². The van der Waals surface area contributed by atoms with Gasteiger partial charge in [0.1, 0.15) is 5.03 Å².